The van der Waals surface area contributed by atoms with E-state index in [1.807, 2.05) is 0 Å². The second-order valence-corrected chi connectivity index (χ2v) is 3.82. The zero-order valence-corrected chi connectivity index (χ0v) is 8.85. The number of rotatable bonds is 1. The molecule has 2 nitrogen and oxygen atoms in total. The van der Waals surface area contributed by atoms with Gasteiger partial charge >= 0.3 is 0 Å². The van der Waals surface area contributed by atoms with Crippen molar-refractivity contribution >= 4 is 11.0 Å². The molecule has 0 aliphatic rings. The van der Waals surface area contributed by atoms with Crippen LogP contribution < -0.4 is 0 Å². The summed E-state index contributed by atoms with van der Waals surface area (Å²) in [6, 6.07) is 13.2. The lowest BCUT2D eigenvalue weighted by molar-refractivity contribution is 0.475. The van der Waals surface area contributed by atoms with Gasteiger partial charge in [-0.2, -0.15) is 0 Å². The highest BCUT2D eigenvalue weighted by Crippen LogP contribution is 2.30. The Morgan fingerprint density at radius 2 is 1.82 bits per heavy atom. The van der Waals surface area contributed by atoms with Crippen LogP contribution in [-0.2, 0) is 0 Å². The number of furan rings is 1. The first kappa shape index (κ1) is 9.90. The highest BCUT2D eigenvalue weighted by Gasteiger charge is 2.09. The lowest BCUT2D eigenvalue weighted by Crippen LogP contribution is -1.72. The van der Waals surface area contributed by atoms with Gasteiger partial charge in [-0.3, -0.25) is 0 Å². The molecule has 0 fully saturated rings. The van der Waals surface area contributed by atoms with Crippen LogP contribution in [0.25, 0.3) is 22.3 Å². The van der Waals surface area contributed by atoms with E-state index in [0.29, 0.717) is 11.1 Å². The third-order valence-electron chi connectivity index (χ3n) is 2.63. The van der Waals surface area contributed by atoms with Crippen molar-refractivity contribution in [3.05, 3.63) is 54.3 Å². The molecule has 0 saturated carbocycles. The second-order valence-electron chi connectivity index (χ2n) is 3.82. The fourth-order valence-electron chi connectivity index (χ4n) is 1.83. The van der Waals surface area contributed by atoms with E-state index in [9.17, 15) is 9.50 Å². The Morgan fingerprint density at radius 1 is 1.00 bits per heavy atom. The monoisotopic (exact) mass is 228 g/mol. The minimum atomic E-state index is -0.381. The van der Waals surface area contributed by atoms with Crippen LogP contribution in [0.4, 0.5) is 4.39 Å². The lowest BCUT2D eigenvalue weighted by Gasteiger charge is -1.96. The maximum absolute atomic E-state index is 13.5. The first-order valence-corrected chi connectivity index (χ1v) is 5.21. The van der Waals surface area contributed by atoms with E-state index in [1.165, 1.54) is 6.07 Å². The SMILES string of the molecule is Oc1cccc(-c2cc3cccc(F)c3o2)c1. The van der Waals surface area contributed by atoms with Crippen molar-refractivity contribution in [3.8, 4) is 17.1 Å². The Bertz CT molecular complexity index is 686. The number of phenols is 1. The molecule has 3 aromatic rings. The fraction of sp³-hybridized carbons (Fsp3) is 0. The average Bonchev–Trinajstić information content (AvgIpc) is 2.74. The Morgan fingerprint density at radius 3 is 2.59 bits per heavy atom. The summed E-state index contributed by atoms with van der Waals surface area (Å²) in [5.41, 5.74) is 0.964. The van der Waals surface area contributed by atoms with E-state index >= 15 is 0 Å². The molecular weight excluding hydrogens is 219 g/mol. The highest BCUT2D eigenvalue weighted by atomic mass is 19.1. The molecule has 0 spiro atoms. The third-order valence-corrected chi connectivity index (χ3v) is 2.63. The number of halogens is 1. The summed E-state index contributed by atoms with van der Waals surface area (Å²) in [4.78, 5) is 0. The summed E-state index contributed by atoms with van der Waals surface area (Å²) >= 11 is 0. The smallest absolute Gasteiger partial charge is 0.170 e. The summed E-state index contributed by atoms with van der Waals surface area (Å²) in [5, 5.41) is 10.1. The molecule has 0 aliphatic heterocycles. The van der Waals surface area contributed by atoms with Gasteiger partial charge in [0.1, 0.15) is 11.5 Å². The van der Waals surface area contributed by atoms with Crippen LogP contribution in [-0.4, -0.2) is 5.11 Å². The number of phenolic OH excluding ortho intramolecular Hbond substituents is 1. The van der Waals surface area contributed by atoms with Gasteiger partial charge in [-0.05, 0) is 24.3 Å². The molecule has 1 heterocycles. The summed E-state index contributed by atoms with van der Waals surface area (Å²) in [6.45, 7) is 0. The Kier molecular flexibility index (Phi) is 2.11. The molecule has 0 aliphatic carbocycles. The molecule has 3 rings (SSSR count). The van der Waals surface area contributed by atoms with Crippen molar-refractivity contribution in [2.24, 2.45) is 0 Å². The van der Waals surface area contributed by atoms with Gasteiger partial charge in [0.15, 0.2) is 11.4 Å². The van der Waals surface area contributed by atoms with Crippen LogP contribution >= 0.6 is 0 Å². The molecule has 0 radical (unpaired) electrons. The summed E-state index contributed by atoms with van der Waals surface area (Å²) in [6.07, 6.45) is 0. The molecule has 1 N–H and O–H groups in total. The standard InChI is InChI=1S/C14H9FO2/c15-12-6-2-4-10-8-13(17-14(10)12)9-3-1-5-11(16)7-9/h1-8,16H. The van der Waals surface area contributed by atoms with Gasteiger partial charge in [-0.1, -0.05) is 24.3 Å². The number of fused-ring (bicyclic) bond motifs is 1. The van der Waals surface area contributed by atoms with E-state index in [1.54, 1.807) is 42.5 Å². The van der Waals surface area contributed by atoms with E-state index < -0.39 is 0 Å². The second kappa shape index (κ2) is 3.63. The van der Waals surface area contributed by atoms with Gasteiger partial charge < -0.3 is 9.52 Å². The summed E-state index contributed by atoms with van der Waals surface area (Å²) in [5.74, 6) is 0.318. The molecule has 0 atom stereocenters. The van der Waals surface area contributed by atoms with Gasteiger partial charge in [-0.25, -0.2) is 4.39 Å². The minimum absolute atomic E-state index is 0.156. The maximum Gasteiger partial charge on any atom is 0.170 e. The van der Waals surface area contributed by atoms with Crippen molar-refractivity contribution in [1.82, 2.24) is 0 Å². The Balaban J connectivity index is 2.22. The van der Waals surface area contributed by atoms with Crippen molar-refractivity contribution in [2.75, 3.05) is 0 Å². The largest absolute Gasteiger partial charge is 0.508 e. The molecule has 0 bridgehead atoms. The van der Waals surface area contributed by atoms with E-state index in [-0.39, 0.29) is 17.1 Å². The first-order chi connectivity index (χ1) is 8.24. The van der Waals surface area contributed by atoms with Gasteiger partial charge in [0.05, 0.1) is 0 Å². The quantitative estimate of drug-likeness (QED) is 0.684. The molecule has 84 valence electrons. The van der Waals surface area contributed by atoms with Crippen molar-refractivity contribution in [1.29, 1.82) is 0 Å². The van der Waals surface area contributed by atoms with Crippen LogP contribution in [0.5, 0.6) is 5.75 Å². The van der Waals surface area contributed by atoms with E-state index in [0.717, 1.165) is 5.56 Å². The topological polar surface area (TPSA) is 33.4 Å². The van der Waals surface area contributed by atoms with Gasteiger partial charge in [-0.15, -0.1) is 0 Å². The minimum Gasteiger partial charge on any atom is -0.508 e. The number of aromatic hydroxyl groups is 1. The number of benzene rings is 2. The van der Waals surface area contributed by atoms with Crippen molar-refractivity contribution in [2.45, 2.75) is 0 Å². The van der Waals surface area contributed by atoms with Gasteiger partial charge in [0.25, 0.3) is 0 Å². The normalized spacial score (nSPS) is 10.9. The molecule has 3 heteroatoms. The summed E-state index contributed by atoms with van der Waals surface area (Å²) < 4.78 is 18.9. The number of hydrogen-bond donors (Lipinski definition) is 1. The zero-order chi connectivity index (χ0) is 11.8. The lowest BCUT2D eigenvalue weighted by atomic mass is 10.1. The van der Waals surface area contributed by atoms with Crippen LogP contribution in [0.15, 0.2) is 52.9 Å². The van der Waals surface area contributed by atoms with Crippen molar-refractivity contribution < 1.29 is 13.9 Å². The van der Waals surface area contributed by atoms with Crippen LogP contribution in [0.3, 0.4) is 0 Å². The molecule has 0 amide bonds. The van der Waals surface area contributed by atoms with Crippen LogP contribution in [0.2, 0.25) is 0 Å². The highest BCUT2D eigenvalue weighted by molar-refractivity contribution is 5.83. The summed E-state index contributed by atoms with van der Waals surface area (Å²) in [7, 11) is 0. The van der Waals surface area contributed by atoms with Crippen molar-refractivity contribution in [3.63, 3.8) is 0 Å². The molecular formula is C14H9FO2. The fourth-order valence-corrected chi connectivity index (χ4v) is 1.83. The van der Waals surface area contributed by atoms with E-state index in [2.05, 4.69) is 0 Å². The Labute approximate surface area is 96.9 Å². The molecule has 2 aromatic carbocycles. The Hall–Kier alpha value is -2.29. The molecule has 0 unspecified atom stereocenters. The molecule has 0 saturated heterocycles. The van der Waals surface area contributed by atoms with Crippen LogP contribution in [0, 0.1) is 5.82 Å². The first-order valence-electron chi connectivity index (χ1n) is 5.21. The maximum atomic E-state index is 13.5. The third kappa shape index (κ3) is 1.65. The molecule has 17 heavy (non-hydrogen) atoms. The zero-order valence-electron chi connectivity index (χ0n) is 8.85. The van der Waals surface area contributed by atoms with Gasteiger partial charge in [0.2, 0.25) is 0 Å². The van der Waals surface area contributed by atoms with Gasteiger partial charge in [0, 0.05) is 10.9 Å². The predicted octanol–water partition coefficient (Wildman–Crippen LogP) is 3.94. The predicted molar refractivity (Wildman–Crippen MR) is 63.3 cm³/mol. The van der Waals surface area contributed by atoms with Crippen LogP contribution in [0.1, 0.15) is 0 Å². The molecule has 1 aromatic heterocycles. The average molecular weight is 228 g/mol. The van der Waals surface area contributed by atoms with E-state index in [4.69, 9.17) is 4.42 Å². The number of hydrogen-bond acceptors (Lipinski definition) is 2. The number of para-hydroxylation sites is 1.